The van der Waals surface area contributed by atoms with Crippen LogP contribution >= 0.6 is 23.2 Å². The Morgan fingerprint density at radius 1 is 1.11 bits per heavy atom. The van der Waals surface area contributed by atoms with Gasteiger partial charge in [-0.25, -0.2) is 9.97 Å². The molecule has 0 atom stereocenters. The second-order valence-electron chi connectivity index (χ2n) is 4.38. The van der Waals surface area contributed by atoms with Crippen LogP contribution < -0.4 is 0 Å². The molecule has 1 aromatic heterocycles. The summed E-state index contributed by atoms with van der Waals surface area (Å²) in [6.07, 6.45) is -4.47. The molecule has 102 valence electrons. The second kappa shape index (κ2) is 4.80. The van der Waals surface area contributed by atoms with Crippen LogP contribution in [0.1, 0.15) is 31.0 Å². The fourth-order valence-corrected chi connectivity index (χ4v) is 2.23. The average Bonchev–Trinajstić information content (AvgIpc) is 2.27. The van der Waals surface area contributed by atoms with Crippen molar-refractivity contribution < 1.29 is 13.2 Å². The molecule has 0 bridgehead atoms. The smallest absolute Gasteiger partial charge is 0.222 e. The van der Waals surface area contributed by atoms with Gasteiger partial charge in [0.1, 0.15) is 0 Å². The molecule has 0 aliphatic heterocycles. The van der Waals surface area contributed by atoms with E-state index >= 15 is 0 Å². The van der Waals surface area contributed by atoms with Crippen molar-refractivity contribution in [2.24, 2.45) is 0 Å². The van der Waals surface area contributed by atoms with Crippen molar-refractivity contribution in [1.82, 2.24) is 9.97 Å². The Morgan fingerprint density at radius 3 is 2.26 bits per heavy atom. The number of hydrogen-bond donors (Lipinski definition) is 0. The van der Waals surface area contributed by atoms with Crippen molar-refractivity contribution in [2.45, 2.75) is 25.9 Å². The largest absolute Gasteiger partial charge is 0.416 e. The van der Waals surface area contributed by atoms with E-state index in [9.17, 15) is 13.2 Å². The molecule has 7 heteroatoms. The SMILES string of the molecule is CC(C)c1nc(Cl)nc2c(Cl)cc(C(F)(F)F)cc12. The van der Waals surface area contributed by atoms with Crippen molar-refractivity contribution in [3.63, 3.8) is 0 Å². The summed E-state index contributed by atoms with van der Waals surface area (Å²) in [6.45, 7) is 3.62. The van der Waals surface area contributed by atoms with Crippen molar-refractivity contribution in [2.75, 3.05) is 0 Å². The number of fused-ring (bicyclic) bond motifs is 1. The summed E-state index contributed by atoms with van der Waals surface area (Å²) in [5.41, 5.74) is -0.140. The van der Waals surface area contributed by atoms with E-state index in [4.69, 9.17) is 23.2 Å². The Balaban J connectivity index is 2.85. The molecule has 0 aliphatic rings. The van der Waals surface area contributed by atoms with E-state index < -0.39 is 11.7 Å². The van der Waals surface area contributed by atoms with E-state index in [0.29, 0.717) is 5.69 Å². The molecule has 0 spiro atoms. The van der Waals surface area contributed by atoms with Gasteiger partial charge in [0.15, 0.2) is 0 Å². The highest BCUT2D eigenvalue weighted by Gasteiger charge is 2.32. The predicted octanol–water partition coefficient (Wildman–Crippen LogP) is 5.08. The van der Waals surface area contributed by atoms with E-state index in [1.165, 1.54) is 0 Å². The molecule has 0 saturated carbocycles. The highest BCUT2D eigenvalue weighted by atomic mass is 35.5. The minimum Gasteiger partial charge on any atom is -0.222 e. The fourth-order valence-electron chi connectivity index (χ4n) is 1.79. The minimum atomic E-state index is -4.47. The zero-order valence-corrected chi connectivity index (χ0v) is 11.5. The number of halogens is 5. The van der Waals surface area contributed by atoms with Gasteiger partial charge in [0, 0.05) is 5.39 Å². The second-order valence-corrected chi connectivity index (χ2v) is 5.13. The number of nitrogens with zero attached hydrogens (tertiary/aromatic N) is 2. The lowest BCUT2D eigenvalue weighted by molar-refractivity contribution is -0.137. The molecule has 19 heavy (non-hydrogen) atoms. The quantitative estimate of drug-likeness (QED) is 0.687. The summed E-state index contributed by atoms with van der Waals surface area (Å²) in [4.78, 5) is 7.89. The van der Waals surface area contributed by atoms with E-state index in [1.807, 2.05) is 13.8 Å². The monoisotopic (exact) mass is 308 g/mol. The van der Waals surface area contributed by atoms with Crippen LogP contribution in [-0.2, 0) is 6.18 Å². The van der Waals surface area contributed by atoms with Gasteiger partial charge in [0.25, 0.3) is 0 Å². The van der Waals surface area contributed by atoms with Crippen molar-refractivity contribution in [3.05, 3.63) is 33.7 Å². The predicted molar refractivity (Wildman–Crippen MR) is 68.6 cm³/mol. The summed E-state index contributed by atoms with van der Waals surface area (Å²) in [5.74, 6) is -0.0949. The van der Waals surface area contributed by atoms with Crippen LogP contribution in [0.25, 0.3) is 10.9 Å². The minimum absolute atomic E-state index is 0.0298. The fraction of sp³-hybridized carbons (Fsp3) is 0.333. The van der Waals surface area contributed by atoms with Gasteiger partial charge in [-0.05, 0) is 29.7 Å². The lowest BCUT2D eigenvalue weighted by Crippen LogP contribution is -2.06. The third kappa shape index (κ3) is 2.77. The van der Waals surface area contributed by atoms with Crippen molar-refractivity contribution in [1.29, 1.82) is 0 Å². The molecule has 2 rings (SSSR count). The van der Waals surface area contributed by atoms with Crippen LogP contribution in [-0.4, -0.2) is 9.97 Å². The van der Waals surface area contributed by atoms with Crippen LogP contribution in [0.2, 0.25) is 10.3 Å². The summed E-state index contributed by atoms with van der Waals surface area (Å²) in [5, 5.41) is 0.160. The van der Waals surface area contributed by atoms with Gasteiger partial charge in [-0.3, -0.25) is 0 Å². The van der Waals surface area contributed by atoms with Gasteiger partial charge in [-0.2, -0.15) is 13.2 Å². The number of hydrogen-bond acceptors (Lipinski definition) is 2. The van der Waals surface area contributed by atoms with Crippen LogP contribution in [0.15, 0.2) is 12.1 Å². The van der Waals surface area contributed by atoms with Gasteiger partial charge >= 0.3 is 6.18 Å². The Kier molecular flexibility index (Phi) is 3.62. The molecule has 0 aliphatic carbocycles. The van der Waals surface area contributed by atoms with Crippen LogP contribution in [0.5, 0.6) is 0 Å². The maximum Gasteiger partial charge on any atom is 0.416 e. The molecule has 0 fully saturated rings. The van der Waals surface area contributed by atoms with E-state index in [2.05, 4.69) is 9.97 Å². The van der Waals surface area contributed by atoms with Gasteiger partial charge in [0.2, 0.25) is 5.28 Å². The Morgan fingerprint density at radius 2 is 1.74 bits per heavy atom. The standard InChI is InChI=1S/C12H9Cl2F3N2/c1-5(2)9-7-3-6(12(15,16)17)4-8(13)10(7)19-11(14)18-9/h3-5H,1-2H3. The maximum absolute atomic E-state index is 12.8. The van der Waals surface area contributed by atoms with Crippen LogP contribution in [0, 0.1) is 0 Å². The summed E-state index contributed by atoms with van der Waals surface area (Å²) in [7, 11) is 0. The first-order valence-electron chi connectivity index (χ1n) is 5.44. The average molecular weight is 309 g/mol. The number of rotatable bonds is 1. The molecule has 0 N–H and O–H groups in total. The first-order chi connectivity index (χ1) is 8.70. The van der Waals surface area contributed by atoms with E-state index in [-0.39, 0.29) is 27.1 Å². The van der Waals surface area contributed by atoms with E-state index in [0.717, 1.165) is 12.1 Å². The van der Waals surface area contributed by atoms with Crippen molar-refractivity contribution in [3.8, 4) is 0 Å². The molecule has 2 nitrogen and oxygen atoms in total. The Labute approximate surface area is 117 Å². The van der Waals surface area contributed by atoms with Gasteiger partial charge in [-0.15, -0.1) is 0 Å². The maximum atomic E-state index is 12.8. The van der Waals surface area contributed by atoms with Gasteiger partial charge in [-0.1, -0.05) is 25.4 Å². The molecule has 0 saturated heterocycles. The molecule has 0 unspecified atom stereocenters. The third-order valence-electron chi connectivity index (χ3n) is 2.63. The lowest BCUT2D eigenvalue weighted by Gasteiger charge is -2.13. The van der Waals surface area contributed by atoms with E-state index in [1.54, 1.807) is 0 Å². The molecule has 2 aromatic rings. The molecule has 0 amide bonds. The van der Waals surface area contributed by atoms with Gasteiger partial charge < -0.3 is 0 Å². The van der Waals surface area contributed by atoms with Crippen LogP contribution in [0.3, 0.4) is 0 Å². The normalized spacial score (nSPS) is 12.4. The summed E-state index contributed by atoms with van der Waals surface area (Å²) >= 11 is 11.6. The first-order valence-corrected chi connectivity index (χ1v) is 6.19. The Bertz CT molecular complexity index is 639. The van der Waals surface area contributed by atoms with Gasteiger partial charge in [0.05, 0.1) is 21.8 Å². The molecule has 1 heterocycles. The number of aromatic nitrogens is 2. The highest BCUT2D eigenvalue weighted by Crippen LogP contribution is 2.36. The highest BCUT2D eigenvalue weighted by molar-refractivity contribution is 6.35. The lowest BCUT2D eigenvalue weighted by atomic mass is 10.0. The Hall–Kier alpha value is -1.07. The summed E-state index contributed by atoms with van der Waals surface area (Å²) in [6, 6.07) is 1.85. The molecular weight excluding hydrogens is 300 g/mol. The zero-order valence-electron chi connectivity index (χ0n) is 10.0. The van der Waals surface area contributed by atoms with Crippen LogP contribution in [0.4, 0.5) is 13.2 Å². The number of benzene rings is 1. The summed E-state index contributed by atoms with van der Waals surface area (Å²) < 4.78 is 38.3. The first kappa shape index (κ1) is 14.3. The third-order valence-corrected chi connectivity index (χ3v) is 3.09. The molecule has 1 aromatic carbocycles. The topological polar surface area (TPSA) is 25.8 Å². The molecule has 0 radical (unpaired) electrons. The molecular formula is C12H9Cl2F3N2. The zero-order chi connectivity index (χ0) is 14.4. The van der Waals surface area contributed by atoms with Crippen molar-refractivity contribution >= 4 is 34.1 Å². The number of alkyl halides is 3.